The van der Waals surface area contributed by atoms with Crippen molar-refractivity contribution in [3.63, 3.8) is 0 Å². The second-order valence-electron chi connectivity index (χ2n) is 4.28. The van der Waals surface area contributed by atoms with E-state index in [4.69, 9.17) is 0 Å². The van der Waals surface area contributed by atoms with Crippen molar-refractivity contribution in [3.8, 4) is 0 Å². The lowest BCUT2D eigenvalue weighted by molar-refractivity contribution is 0.0591. The Kier molecular flexibility index (Phi) is 5.95. The van der Waals surface area contributed by atoms with E-state index in [9.17, 15) is 9.59 Å². The number of esters is 1. The maximum absolute atomic E-state index is 11.6. The van der Waals surface area contributed by atoms with Crippen molar-refractivity contribution in [2.24, 2.45) is 0 Å². The van der Waals surface area contributed by atoms with E-state index in [0.717, 1.165) is 19.3 Å². The van der Waals surface area contributed by atoms with Gasteiger partial charge in [0.2, 0.25) is 0 Å². The first-order chi connectivity index (χ1) is 9.03. The normalized spacial score (nSPS) is 12.0. The zero-order valence-corrected chi connectivity index (χ0v) is 12.6. The lowest BCUT2D eigenvalue weighted by Gasteiger charge is -2.14. The average molecular weight is 284 g/mol. The van der Waals surface area contributed by atoms with Gasteiger partial charge < -0.3 is 10.1 Å². The molecule has 0 fully saturated rings. The van der Waals surface area contributed by atoms with E-state index < -0.39 is 5.97 Å². The summed E-state index contributed by atoms with van der Waals surface area (Å²) in [5.41, 5.74) is 0.105. The fourth-order valence-electron chi connectivity index (χ4n) is 1.76. The molecule has 6 heteroatoms. The summed E-state index contributed by atoms with van der Waals surface area (Å²) in [6.07, 6.45) is 3.07. The third-order valence-corrected chi connectivity index (χ3v) is 3.87. The molecule has 5 nitrogen and oxygen atoms in total. The Bertz CT molecular complexity index is 457. The van der Waals surface area contributed by atoms with Crippen molar-refractivity contribution in [1.29, 1.82) is 0 Å². The molecule has 0 amide bonds. The van der Waals surface area contributed by atoms with Crippen LogP contribution in [0.15, 0.2) is 0 Å². The maximum atomic E-state index is 11.6. The maximum Gasteiger partial charge on any atom is 0.358 e. The number of ketones is 1. The van der Waals surface area contributed by atoms with E-state index in [-0.39, 0.29) is 11.5 Å². The van der Waals surface area contributed by atoms with Crippen LogP contribution in [0.3, 0.4) is 0 Å². The number of anilines is 1. The molecule has 1 rings (SSSR count). The van der Waals surface area contributed by atoms with Crippen molar-refractivity contribution in [2.75, 3.05) is 12.4 Å². The van der Waals surface area contributed by atoms with E-state index in [1.165, 1.54) is 25.4 Å². The molecule has 1 heterocycles. The summed E-state index contributed by atoms with van der Waals surface area (Å²) < 4.78 is 4.64. The zero-order chi connectivity index (χ0) is 14.4. The molecule has 0 aliphatic carbocycles. The molecule has 0 spiro atoms. The molecule has 0 saturated carbocycles. The summed E-state index contributed by atoms with van der Waals surface area (Å²) in [5, 5.41) is 3.87. The Morgan fingerprint density at radius 1 is 1.42 bits per heavy atom. The minimum Gasteiger partial charge on any atom is -0.464 e. The highest BCUT2D eigenvalue weighted by atomic mass is 32.1. The second-order valence-corrected chi connectivity index (χ2v) is 5.28. The molecule has 1 aromatic rings. The second kappa shape index (κ2) is 7.23. The Morgan fingerprint density at radius 3 is 2.58 bits per heavy atom. The molecular weight excluding hydrogens is 264 g/mol. The summed E-state index contributed by atoms with van der Waals surface area (Å²) in [6.45, 7) is 5.63. The van der Waals surface area contributed by atoms with E-state index >= 15 is 0 Å². The third kappa shape index (κ3) is 4.02. The fraction of sp³-hybridized carbons (Fsp3) is 0.615. The van der Waals surface area contributed by atoms with Gasteiger partial charge in [0.1, 0.15) is 4.88 Å². The molecule has 0 saturated heterocycles. The van der Waals surface area contributed by atoms with E-state index in [1.807, 2.05) is 0 Å². The van der Waals surface area contributed by atoms with Crippen LogP contribution in [0.4, 0.5) is 5.13 Å². The van der Waals surface area contributed by atoms with E-state index in [1.54, 1.807) is 0 Å². The number of nitrogens with zero attached hydrogens (tertiary/aromatic N) is 1. The quantitative estimate of drug-likeness (QED) is 0.615. The molecule has 0 aliphatic rings. The van der Waals surface area contributed by atoms with Crippen LogP contribution in [0.5, 0.6) is 0 Å². The highest BCUT2D eigenvalue weighted by Gasteiger charge is 2.22. The van der Waals surface area contributed by atoms with Crippen molar-refractivity contribution in [2.45, 2.75) is 46.1 Å². The number of nitrogens with one attached hydrogen (secondary N) is 1. The number of hydrogen-bond donors (Lipinski definition) is 1. The van der Waals surface area contributed by atoms with Crippen LogP contribution in [0.25, 0.3) is 0 Å². The van der Waals surface area contributed by atoms with Gasteiger partial charge in [0, 0.05) is 13.0 Å². The summed E-state index contributed by atoms with van der Waals surface area (Å²) in [7, 11) is 1.28. The molecule has 1 atom stereocenters. The number of carbonyl (C=O) groups excluding carboxylic acids is 2. The van der Waals surface area contributed by atoms with Crippen LogP contribution < -0.4 is 5.32 Å². The van der Waals surface area contributed by atoms with Gasteiger partial charge in [-0.25, -0.2) is 9.78 Å². The van der Waals surface area contributed by atoms with Crippen LogP contribution in [-0.2, 0) is 4.74 Å². The molecule has 0 bridgehead atoms. The van der Waals surface area contributed by atoms with Gasteiger partial charge in [0.25, 0.3) is 0 Å². The van der Waals surface area contributed by atoms with Crippen molar-refractivity contribution in [1.82, 2.24) is 4.98 Å². The number of Topliss-reactive ketones (excluding diaryl/α,β-unsaturated/α-hetero) is 1. The zero-order valence-electron chi connectivity index (χ0n) is 11.8. The number of thiazole rings is 1. The molecular formula is C13H20N2O3S. The molecule has 1 N–H and O–H groups in total. The van der Waals surface area contributed by atoms with Crippen molar-refractivity contribution >= 4 is 28.2 Å². The Morgan fingerprint density at radius 2 is 2.11 bits per heavy atom. The predicted molar refractivity (Wildman–Crippen MR) is 76.1 cm³/mol. The Balaban J connectivity index is 2.97. The van der Waals surface area contributed by atoms with Gasteiger partial charge in [-0.1, -0.05) is 31.6 Å². The topological polar surface area (TPSA) is 68.3 Å². The van der Waals surface area contributed by atoms with Gasteiger partial charge in [-0.2, -0.15) is 0 Å². The fourth-order valence-corrected chi connectivity index (χ4v) is 2.68. The molecule has 0 aliphatic heterocycles. The van der Waals surface area contributed by atoms with Gasteiger partial charge in [-0.15, -0.1) is 0 Å². The molecule has 0 radical (unpaired) electrons. The first-order valence-corrected chi connectivity index (χ1v) is 7.21. The van der Waals surface area contributed by atoms with Gasteiger partial charge in [-0.3, -0.25) is 4.79 Å². The van der Waals surface area contributed by atoms with Crippen molar-refractivity contribution < 1.29 is 14.3 Å². The number of rotatable bonds is 7. The predicted octanol–water partition coefficient (Wildman–Crippen LogP) is 3.12. The average Bonchev–Trinajstić information content (AvgIpc) is 2.81. The molecule has 19 heavy (non-hydrogen) atoms. The van der Waals surface area contributed by atoms with Crippen LogP contribution >= 0.6 is 11.3 Å². The number of ether oxygens (including phenoxy) is 1. The summed E-state index contributed by atoms with van der Waals surface area (Å²) in [6, 6.07) is 0.307. The van der Waals surface area contributed by atoms with Crippen LogP contribution in [0.1, 0.15) is 60.2 Å². The molecule has 106 valence electrons. The monoisotopic (exact) mass is 284 g/mol. The molecule has 1 aromatic heterocycles. The summed E-state index contributed by atoms with van der Waals surface area (Å²) >= 11 is 1.21. The summed E-state index contributed by atoms with van der Waals surface area (Å²) in [4.78, 5) is 27.6. The van der Waals surface area contributed by atoms with Gasteiger partial charge in [0.15, 0.2) is 16.6 Å². The van der Waals surface area contributed by atoms with Gasteiger partial charge in [-0.05, 0) is 12.8 Å². The minimum atomic E-state index is -0.571. The number of carbonyl (C=O) groups is 2. The SMILES string of the molecule is CCCC(CC)Nc1nc(C(=O)OC)c(C(C)=O)s1. The smallest absolute Gasteiger partial charge is 0.358 e. The van der Waals surface area contributed by atoms with Gasteiger partial charge in [0.05, 0.1) is 7.11 Å². The van der Waals surface area contributed by atoms with Crippen LogP contribution in [0.2, 0.25) is 0 Å². The molecule has 0 aromatic carbocycles. The Hall–Kier alpha value is -1.43. The van der Waals surface area contributed by atoms with Gasteiger partial charge >= 0.3 is 5.97 Å². The Labute approximate surface area is 117 Å². The highest BCUT2D eigenvalue weighted by molar-refractivity contribution is 7.17. The number of aromatic nitrogens is 1. The number of hydrogen-bond acceptors (Lipinski definition) is 6. The van der Waals surface area contributed by atoms with Crippen molar-refractivity contribution in [3.05, 3.63) is 10.6 Å². The largest absolute Gasteiger partial charge is 0.464 e. The first kappa shape index (κ1) is 15.6. The highest BCUT2D eigenvalue weighted by Crippen LogP contribution is 2.25. The van der Waals surface area contributed by atoms with E-state index in [2.05, 4.69) is 28.9 Å². The van der Waals surface area contributed by atoms with E-state index in [0.29, 0.717) is 16.1 Å². The lowest BCUT2D eigenvalue weighted by Crippen LogP contribution is -2.17. The lowest BCUT2D eigenvalue weighted by atomic mass is 10.1. The first-order valence-electron chi connectivity index (χ1n) is 6.40. The van der Waals surface area contributed by atoms with Crippen LogP contribution in [-0.4, -0.2) is 29.9 Å². The minimum absolute atomic E-state index is 0.105. The molecule has 1 unspecified atom stereocenters. The van der Waals surface area contributed by atoms with Crippen LogP contribution in [0, 0.1) is 0 Å². The number of methoxy groups -OCH3 is 1. The third-order valence-electron chi connectivity index (χ3n) is 2.78. The summed E-state index contributed by atoms with van der Waals surface area (Å²) in [5.74, 6) is -0.743. The standard InChI is InChI=1S/C13H20N2O3S/c1-5-7-9(6-2)14-13-15-10(12(17)18-4)11(19-13)8(3)16/h9H,5-7H2,1-4H3,(H,14,15).